The molecule has 0 saturated carbocycles. The van der Waals surface area contributed by atoms with Crippen LogP contribution in [0.25, 0.3) is 0 Å². The van der Waals surface area contributed by atoms with Gasteiger partial charge in [-0.15, -0.1) is 0 Å². The van der Waals surface area contributed by atoms with Gasteiger partial charge in [-0.1, -0.05) is 0 Å². The minimum Gasteiger partial charge on any atom is -0.410 e. The molecule has 4 nitrogen and oxygen atoms in total. The van der Waals surface area contributed by atoms with Crippen LogP contribution in [0.2, 0.25) is 0 Å². The van der Waals surface area contributed by atoms with Crippen molar-refractivity contribution in [2.24, 2.45) is 5.73 Å². The van der Waals surface area contributed by atoms with Crippen molar-refractivity contribution in [2.75, 3.05) is 13.1 Å². The van der Waals surface area contributed by atoms with Crippen molar-refractivity contribution in [2.45, 2.75) is 12.5 Å². The molecule has 1 amide bonds. The lowest BCUT2D eigenvalue weighted by molar-refractivity contribution is 0.162. The highest BCUT2D eigenvalue weighted by molar-refractivity contribution is 5.71. The third kappa shape index (κ3) is 2.91. The van der Waals surface area contributed by atoms with Crippen LogP contribution in [0.4, 0.5) is 13.6 Å². The fourth-order valence-corrected chi connectivity index (χ4v) is 1.71. The fraction of sp³-hybridized carbons (Fsp3) is 0.364. The Kier molecular flexibility index (Phi) is 3.23. The SMILES string of the molecule is N[C@@H]1CCN(C(=O)Oc2cc(F)cc(F)c2)C1. The molecule has 92 valence electrons. The number of hydrogen-bond donors (Lipinski definition) is 1. The van der Waals surface area contributed by atoms with Gasteiger partial charge in [0.05, 0.1) is 0 Å². The van der Waals surface area contributed by atoms with Crippen molar-refractivity contribution >= 4 is 6.09 Å². The first kappa shape index (κ1) is 11.8. The van der Waals surface area contributed by atoms with E-state index in [4.69, 9.17) is 10.5 Å². The number of halogens is 2. The molecule has 1 fully saturated rings. The molecule has 0 bridgehead atoms. The molecule has 17 heavy (non-hydrogen) atoms. The van der Waals surface area contributed by atoms with E-state index in [1.54, 1.807) is 0 Å². The maximum absolute atomic E-state index is 12.9. The summed E-state index contributed by atoms with van der Waals surface area (Å²) in [4.78, 5) is 13.0. The summed E-state index contributed by atoms with van der Waals surface area (Å²) in [6, 6.07) is 2.56. The molecule has 1 heterocycles. The van der Waals surface area contributed by atoms with Gasteiger partial charge in [-0.25, -0.2) is 13.6 Å². The first-order chi connectivity index (χ1) is 8.04. The number of hydrogen-bond acceptors (Lipinski definition) is 3. The summed E-state index contributed by atoms with van der Waals surface area (Å²) in [6.07, 6.45) is 0.0648. The molecule has 2 N–H and O–H groups in total. The molecule has 1 aliphatic heterocycles. The highest BCUT2D eigenvalue weighted by atomic mass is 19.1. The molecule has 1 aromatic carbocycles. The second-order valence-electron chi connectivity index (χ2n) is 3.97. The van der Waals surface area contributed by atoms with Crippen molar-refractivity contribution in [3.63, 3.8) is 0 Å². The van der Waals surface area contributed by atoms with E-state index in [2.05, 4.69) is 0 Å². The molecular formula is C11H12F2N2O2. The van der Waals surface area contributed by atoms with Gasteiger partial charge in [0.15, 0.2) is 0 Å². The van der Waals surface area contributed by atoms with Gasteiger partial charge in [0, 0.05) is 37.3 Å². The summed E-state index contributed by atoms with van der Waals surface area (Å²) in [7, 11) is 0. The molecule has 6 heteroatoms. The van der Waals surface area contributed by atoms with E-state index in [0.717, 1.165) is 12.1 Å². The van der Waals surface area contributed by atoms with Gasteiger partial charge in [-0.05, 0) is 6.42 Å². The van der Waals surface area contributed by atoms with Gasteiger partial charge in [0.1, 0.15) is 17.4 Å². The molecule has 0 spiro atoms. The van der Waals surface area contributed by atoms with Crippen LogP contribution < -0.4 is 10.5 Å². The predicted molar refractivity (Wildman–Crippen MR) is 56.5 cm³/mol. The Hall–Kier alpha value is -1.69. The number of benzene rings is 1. The van der Waals surface area contributed by atoms with E-state index < -0.39 is 17.7 Å². The van der Waals surface area contributed by atoms with E-state index in [1.165, 1.54) is 4.90 Å². The Morgan fingerprint density at radius 3 is 2.53 bits per heavy atom. The quantitative estimate of drug-likeness (QED) is 0.811. The number of amides is 1. The van der Waals surface area contributed by atoms with E-state index in [0.29, 0.717) is 25.6 Å². The fourth-order valence-electron chi connectivity index (χ4n) is 1.71. The van der Waals surface area contributed by atoms with Gasteiger partial charge in [-0.3, -0.25) is 0 Å². The monoisotopic (exact) mass is 242 g/mol. The van der Waals surface area contributed by atoms with Gasteiger partial charge in [-0.2, -0.15) is 0 Å². The molecule has 1 atom stereocenters. The zero-order chi connectivity index (χ0) is 12.4. The molecule has 1 saturated heterocycles. The lowest BCUT2D eigenvalue weighted by Gasteiger charge is -2.15. The number of nitrogens with zero attached hydrogens (tertiary/aromatic N) is 1. The molecule has 2 rings (SSSR count). The maximum Gasteiger partial charge on any atom is 0.415 e. The van der Waals surface area contributed by atoms with Crippen LogP contribution in [0.5, 0.6) is 5.75 Å². The lowest BCUT2D eigenvalue weighted by atomic mass is 10.3. The van der Waals surface area contributed by atoms with Crippen molar-refractivity contribution < 1.29 is 18.3 Å². The standard InChI is InChI=1S/C11H12F2N2O2/c12-7-3-8(13)5-10(4-7)17-11(16)15-2-1-9(14)6-15/h3-5,9H,1-2,6,14H2/t9-/m1/s1. The van der Waals surface area contributed by atoms with Crippen LogP contribution in [0.3, 0.4) is 0 Å². The third-order valence-corrected chi connectivity index (χ3v) is 2.52. The van der Waals surface area contributed by atoms with Crippen LogP contribution in [0.15, 0.2) is 18.2 Å². The molecule has 0 unspecified atom stereocenters. The van der Waals surface area contributed by atoms with Crippen molar-refractivity contribution in [3.05, 3.63) is 29.8 Å². The highest BCUT2D eigenvalue weighted by Crippen LogP contribution is 2.17. The molecule has 0 aromatic heterocycles. The second-order valence-corrected chi connectivity index (χ2v) is 3.97. The zero-order valence-electron chi connectivity index (χ0n) is 9.03. The molecule has 1 aliphatic rings. The Labute approximate surface area is 97.0 Å². The van der Waals surface area contributed by atoms with Crippen LogP contribution >= 0.6 is 0 Å². The van der Waals surface area contributed by atoms with Crippen molar-refractivity contribution in [1.82, 2.24) is 4.90 Å². The summed E-state index contributed by atoms with van der Waals surface area (Å²) in [6.45, 7) is 0.897. The average molecular weight is 242 g/mol. The van der Waals surface area contributed by atoms with E-state index in [9.17, 15) is 13.6 Å². The highest BCUT2D eigenvalue weighted by Gasteiger charge is 2.25. The van der Waals surface area contributed by atoms with E-state index in [1.807, 2.05) is 0 Å². The van der Waals surface area contributed by atoms with Crippen LogP contribution in [0, 0.1) is 11.6 Å². The summed E-state index contributed by atoms with van der Waals surface area (Å²) in [5.41, 5.74) is 5.64. The van der Waals surface area contributed by atoms with Gasteiger partial charge in [0.2, 0.25) is 0 Å². The number of carbonyl (C=O) groups excluding carboxylic acids is 1. The average Bonchev–Trinajstić information content (AvgIpc) is 2.63. The Balaban J connectivity index is 2.03. The number of rotatable bonds is 1. The smallest absolute Gasteiger partial charge is 0.410 e. The van der Waals surface area contributed by atoms with Gasteiger partial charge < -0.3 is 15.4 Å². The number of likely N-dealkylation sites (tertiary alicyclic amines) is 1. The largest absolute Gasteiger partial charge is 0.415 e. The minimum absolute atomic E-state index is 0.0632. The van der Waals surface area contributed by atoms with Gasteiger partial charge in [0.25, 0.3) is 0 Å². The van der Waals surface area contributed by atoms with Crippen LogP contribution in [-0.4, -0.2) is 30.1 Å². The summed E-state index contributed by atoms with van der Waals surface area (Å²) < 4.78 is 30.6. The summed E-state index contributed by atoms with van der Waals surface area (Å²) in [5, 5.41) is 0. The minimum atomic E-state index is -0.786. The first-order valence-corrected chi connectivity index (χ1v) is 5.23. The number of carbonyl (C=O) groups is 1. The normalized spacial score (nSPS) is 19.5. The molecule has 1 aromatic rings. The maximum atomic E-state index is 12.9. The number of nitrogens with two attached hydrogens (primary N) is 1. The van der Waals surface area contributed by atoms with Crippen LogP contribution in [-0.2, 0) is 0 Å². The summed E-state index contributed by atoms with van der Waals surface area (Å²) in [5.74, 6) is -1.72. The zero-order valence-corrected chi connectivity index (χ0v) is 9.03. The Bertz CT molecular complexity index is 419. The third-order valence-electron chi connectivity index (χ3n) is 2.52. The van der Waals surface area contributed by atoms with Crippen molar-refractivity contribution in [3.8, 4) is 5.75 Å². The lowest BCUT2D eigenvalue weighted by Crippen LogP contribution is -2.34. The first-order valence-electron chi connectivity index (χ1n) is 5.23. The topological polar surface area (TPSA) is 55.6 Å². The van der Waals surface area contributed by atoms with Crippen molar-refractivity contribution in [1.29, 1.82) is 0 Å². The Morgan fingerprint density at radius 1 is 1.35 bits per heavy atom. The number of ether oxygens (including phenoxy) is 1. The Morgan fingerprint density at radius 2 is 2.00 bits per heavy atom. The van der Waals surface area contributed by atoms with E-state index >= 15 is 0 Å². The molecular weight excluding hydrogens is 230 g/mol. The predicted octanol–water partition coefficient (Wildman–Crippen LogP) is 1.50. The molecule has 0 aliphatic carbocycles. The molecule has 0 radical (unpaired) electrons. The van der Waals surface area contributed by atoms with Gasteiger partial charge >= 0.3 is 6.09 Å². The van der Waals surface area contributed by atoms with Crippen LogP contribution in [0.1, 0.15) is 6.42 Å². The van der Waals surface area contributed by atoms with E-state index in [-0.39, 0.29) is 11.8 Å². The second kappa shape index (κ2) is 4.67. The summed E-state index contributed by atoms with van der Waals surface area (Å²) >= 11 is 0.